The fourth-order valence-electron chi connectivity index (χ4n) is 2.58. The highest BCUT2D eigenvalue weighted by Crippen LogP contribution is 2.41. The van der Waals surface area contributed by atoms with Crippen LogP contribution in [0.1, 0.15) is 19.3 Å². The number of piperidine rings is 1. The lowest BCUT2D eigenvalue weighted by atomic mass is 10.00. The van der Waals surface area contributed by atoms with Crippen molar-refractivity contribution in [2.75, 3.05) is 23.8 Å². The molecule has 0 aromatic heterocycles. The van der Waals surface area contributed by atoms with E-state index in [1.807, 2.05) is 12.1 Å². The number of hydrogen-bond donors (Lipinski definition) is 1. The number of nitrogens with zero attached hydrogens (tertiary/aromatic N) is 1. The summed E-state index contributed by atoms with van der Waals surface area (Å²) in [6.07, 6.45) is 3.75. The molecule has 1 fully saturated rings. The minimum atomic E-state index is 0.515. The van der Waals surface area contributed by atoms with Gasteiger partial charge in [-0.25, -0.2) is 0 Å². The predicted octanol–water partition coefficient (Wildman–Crippen LogP) is 2.67. The van der Waals surface area contributed by atoms with Crippen LogP contribution < -0.4 is 15.4 Å². The van der Waals surface area contributed by atoms with Gasteiger partial charge in [0.1, 0.15) is 12.4 Å². The fraction of sp³-hybridized carbons (Fsp3) is 0.500. The van der Waals surface area contributed by atoms with Gasteiger partial charge >= 0.3 is 0 Å². The maximum absolute atomic E-state index is 6.07. The van der Waals surface area contributed by atoms with Crippen molar-refractivity contribution in [1.82, 2.24) is 0 Å². The normalized spacial score (nSPS) is 23.3. The molecule has 0 aliphatic carbocycles. The zero-order valence-corrected chi connectivity index (χ0v) is 9.83. The van der Waals surface area contributed by atoms with E-state index in [0.717, 1.165) is 24.6 Å². The summed E-state index contributed by atoms with van der Waals surface area (Å²) in [7, 11) is 0. The molecule has 0 spiro atoms. The van der Waals surface area contributed by atoms with Crippen LogP contribution in [-0.4, -0.2) is 19.2 Å². The number of ether oxygens (including phenoxy) is 1. The summed E-state index contributed by atoms with van der Waals surface area (Å²) in [5.74, 6) is 0.875. The molecule has 2 N–H and O–H groups in total. The van der Waals surface area contributed by atoms with Crippen molar-refractivity contribution in [3.63, 3.8) is 0 Å². The topological polar surface area (TPSA) is 38.5 Å². The molecular weight excluding hydrogens is 224 g/mol. The van der Waals surface area contributed by atoms with Crippen molar-refractivity contribution >= 4 is 23.0 Å². The van der Waals surface area contributed by atoms with Gasteiger partial charge in [0.2, 0.25) is 0 Å². The number of benzene rings is 1. The van der Waals surface area contributed by atoms with E-state index in [0.29, 0.717) is 16.8 Å². The van der Waals surface area contributed by atoms with Crippen LogP contribution in [-0.2, 0) is 0 Å². The minimum Gasteiger partial charge on any atom is -0.489 e. The van der Waals surface area contributed by atoms with Gasteiger partial charge < -0.3 is 15.4 Å². The van der Waals surface area contributed by atoms with E-state index in [9.17, 15) is 0 Å². The highest BCUT2D eigenvalue weighted by molar-refractivity contribution is 6.33. The first-order valence-corrected chi connectivity index (χ1v) is 6.12. The second kappa shape index (κ2) is 3.74. The summed E-state index contributed by atoms with van der Waals surface area (Å²) < 4.78 is 5.75. The van der Waals surface area contributed by atoms with Crippen LogP contribution in [0.3, 0.4) is 0 Å². The van der Waals surface area contributed by atoms with Gasteiger partial charge in [0.25, 0.3) is 0 Å². The van der Waals surface area contributed by atoms with Gasteiger partial charge in [0.15, 0.2) is 0 Å². The van der Waals surface area contributed by atoms with E-state index >= 15 is 0 Å². The number of anilines is 2. The largest absolute Gasteiger partial charge is 0.489 e. The Labute approximate surface area is 100 Å². The fourth-order valence-corrected chi connectivity index (χ4v) is 2.73. The smallest absolute Gasteiger partial charge is 0.144 e. The first-order valence-electron chi connectivity index (χ1n) is 5.74. The van der Waals surface area contributed by atoms with E-state index in [-0.39, 0.29) is 0 Å². The Morgan fingerprint density at radius 1 is 1.38 bits per heavy atom. The molecule has 1 aromatic carbocycles. The summed E-state index contributed by atoms with van der Waals surface area (Å²) >= 11 is 6.07. The highest BCUT2D eigenvalue weighted by Gasteiger charge is 2.30. The molecule has 3 nitrogen and oxygen atoms in total. The maximum atomic E-state index is 6.07. The lowest BCUT2D eigenvalue weighted by Crippen LogP contribution is -2.46. The molecule has 2 aliphatic heterocycles. The lowest BCUT2D eigenvalue weighted by Gasteiger charge is -2.41. The average Bonchev–Trinajstić information content (AvgIpc) is 2.31. The molecule has 86 valence electrons. The van der Waals surface area contributed by atoms with Crippen LogP contribution in [0.25, 0.3) is 0 Å². The number of nitrogens with two attached hydrogens (primary N) is 1. The Morgan fingerprint density at radius 2 is 2.25 bits per heavy atom. The number of rotatable bonds is 0. The average molecular weight is 239 g/mol. The monoisotopic (exact) mass is 238 g/mol. The number of hydrogen-bond acceptors (Lipinski definition) is 3. The summed E-state index contributed by atoms with van der Waals surface area (Å²) in [6, 6.07) is 4.28. The van der Waals surface area contributed by atoms with E-state index in [4.69, 9.17) is 22.1 Å². The molecule has 2 heterocycles. The first kappa shape index (κ1) is 10.1. The zero-order chi connectivity index (χ0) is 11.1. The molecule has 3 rings (SSSR count). The second-order valence-corrected chi connectivity index (χ2v) is 4.90. The molecular formula is C12H15ClN2O. The molecule has 0 amide bonds. The third kappa shape index (κ3) is 1.50. The Morgan fingerprint density at radius 3 is 3.12 bits per heavy atom. The van der Waals surface area contributed by atoms with E-state index < -0.39 is 0 Å². The molecule has 4 heteroatoms. The van der Waals surface area contributed by atoms with Gasteiger partial charge in [-0.05, 0) is 25.3 Å². The van der Waals surface area contributed by atoms with Crippen molar-refractivity contribution in [2.45, 2.75) is 25.3 Å². The second-order valence-electron chi connectivity index (χ2n) is 4.50. The number of fused-ring (bicyclic) bond motifs is 3. The summed E-state index contributed by atoms with van der Waals surface area (Å²) in [6.45, 7) is 1.87. The van der Waals surface area contributed by atoms with E-state index in [1.165, 1.54) is 19.3 Å². The van der Waals surface area contributed by atoms with Crippen LogP contribution in [0.4, 0.5) is 11.4 Å². The minimum absolute atomic E-state index is 0.515. The number of nitrogen functional groups attached to an aromatic ring is 1. The van der Waals surface area contributed by atoms with Crippen molar-refractivity contribution in [3.8, 4) is 5.75 Å². The van der Waals surface area contributed by atoms with Gasteiger partial charge in [-0.2, -0.15) is 0 Å². The third-order valence-electron chi connectivity index (χ3n) is 3.45. The molecule has 1 atom stereocenters. The van der Waals surface area contributed by atoms with Crippen LogP contribution >= 0.6 is 11.6 Å². The van der Waals surface area contributed by atoms with Gasteiger partial charge in [0, 0.05) is 12.6 Å². The molecule has 2 aliphatic rings. The Balaban J connectivity index is 2.04. The molecule has 16 heavy (non-hydrogen) atoms. The van der Waals surface area contributed by atoms with Crippen molar-refractivity contribution in [2.24, 2.45) is 0 Å². The van der Waals surface area contributed by atoms with Crippen molar-refractivity contribution in [1.29, 1.82) is 0 Å². The van der Waals surface area contributed by atoms with Crippen LogP contribution in [0, 0.1) is 0 Å². The molecule has 1 unspecified atom stereocenters. The maximum Gasteiger partial charge on any atom is 0.144 e. The predicted molar refractivity (Wildman–Crippen MR) is 66.3 cm³/mol. The Hall–Kier alpha value is -1.09. The molecule has 0 radical (unpaired) electrons. The van der Waals surface area contributed by atoms with E-state index in [2.05, 4.69) is 4.90 Å². The van der Waals surface area contributed by atoms with Crippen LogP contribution in [0.15, 0.2) is 12.1 Å². The number of halogens is 1. The molecule has 0 bridgehead atoms. The van der Waals surface area contributed by atoms with E-state index in [1.54, 1.807) is 0 Å². The first-order chi connectivity index (χ1) is 7.75. The van der Waals surface area contributed by atoms with Crippen LogP contribution in [0.2, 0.25) is 5.02 Å². The SMILES string of the molecule is Nc1cc2c(cc1Cl)N1CCCCC1CO2. The molecule has 0 saturated carbocycles. The third-order valence-corrected chi connectivity index (χ3v) is 3.77. The lowest BCUT2D eigenvalue weighted by molar-refractivity contribution is 0.240. The highest BCUT2D eigenvalue weighted by atomic mass is 35.5. The van der Waals surface area contributed by atoms with Gasteiger partial charge in [0.05, 0.1) is 22.4 Å². The summed E-state index contributed by atoms with van der Waals surface area (Å²) in [5.41, 5.74) is 7.48. The molecule has 1 aromatic rings. The van der Waals surface area contributed by atoms with Crippen molar-refractivity contribution in [3.05, 3.63) is 17.2 Å². The van der Waals surface area contributed by atoms with Gasteiger partial charge in [-0.1, -0.05) is 11.6 Å². The quantitative estimate of drug-likeness (QED) is 0.707. The van der Waals surface area contributed by atoms with Crippen LogP contribution in [0.5, 0.6) is 5.75 Å². The van der Waals surface area contributed by atoms with Gasteiger partial charge in [-0.3, -0.25) is 0 Å². The summed E-state index contributed by atoms with van der Waals surface area (Å²) in [4.78, 5) is 2.41. The Bertz CT molecular complexity index is 422. The van der Waals surface area contributed by atoms with Gasteiger partial charge in [-0.15, -0.1) is 0 Å². The summed E-state index contributed by atoms with van der Waals surface area (Å²) in [5, 5.41) is 0.619. The Kier molecular flexibility index (Phi) is 2.36. The standard InChI is InChI=1S/C12H15ClN2O/c13-9-5-11-12(6-10(9)14)16-7-8-3-1-2-4-15(8)11/h5-6,8H,1-4,7,14H2. The van der Waals surface area contributed by atoms with Crippen molar-refractivity contribution < 1.29 is 4.74 Å². The molecule has 1 saturated heterocycles. The zero-order valence-electron chi connectivity index (χ0n) is 9.08.